The van der Waals surface area contributed by atoms with Gasteiger partial charge in [0.05, 0.1) is 5.75 Å². The third-order valence-corrected chi connectivity index (χ3v) is 5.75. The molecule has 0 atom stereocenters. The third kappa shape index (κ3) is 6.07. The second-order valence-corrected chi connectivity index (χ2v) is 8.15. The number of hydrogen-bond donors (Lipinski definition) is 1. The van der Waals surface area contributed by atoms with Crippen LogP contribution >= 0.6 is 0 Å². The summed E-state index contributed by atoms with van der Waals surface area (Å²) in [5, 5.41) is 0. The molecule has 1 heterocycles. The molecular formula is C17H28N2O2S. The lowest BCUT2D eigenvalue weighted by Gasteiger charge is -2.32. The fraction of sp³-hybridized carbons (Fsp3) is 0.647. The summed E-state index contributed by atoms with van der Waals surface area (Å²) >= 11 is 0. The molecule has 0 aromatic heterocycles. The van der Waals surface area contributed by atoms with Crippen LogP contribution in [0.4, 0.5) is 0 Å². The Hall–Kier alpha value is -0.910. The molecule has 4 nitrogen and oxygen atoms in total. The molecule has 0 amide bonds. The van der Waals surface area contributed by atoms with Crippen LogP contribution in [0.3, 0.4) is 0 Å². The molecule has 1 fully saturated rings. The van der Waals surface area contributed by atoms with Gasteiger partial charge in [-0.15, -0.1) is 0 Å². The average molecular weight is 324 g/mol. The number of unbranched alkanes of at least 4 members (excludes halogenated alkanes) is 1. The molecule has 0 bridgehead atoms. The Morgan fingerprint density at radius 2 is 1.86 bits per heavy atom. The fourth-order valence-corrected chi connectivity index (χ4v) is 4.14. The average Bonchev–Trinajstić information content (AvgIpc) is 2.53. The maximum atomic E-state index is 11.8. The summed E-state index contributed by atoms with van der Waals surface area (Å²) in [5.74, 6) is 0.736. The minimum Gasteiger partial charge on any atom is -0.299 e. The van der Waals surface area contributed by atoms with E-state index in [1.165, 1.54) is 5.56 Å². The minimum absolute atomic E-state index is 0.260. The highest BCUT2D eigenvalue weighted by Gasteiger charge is 2.20. The van der Waals surface area contributed by atoms with Gasteiger partial charge in [0, 0.05) is 13.1 Å². The van der Waals surface area contributed by atoms with Crippen LogP contribution in [0.5, 0.6) is 0 Å². The van der Waals surface area contributed by atoms with Gasteiger partial charge in [0.15, 0.2) is 0 Å². The van der Waals surface area contributed by atoms with Crippen LogP contribution in [-0.2, 0) is 16.6 Å². The molecule has 5 heteroatoms. The molecule has 124 valence electrons. The highest BCUT2D eigenvalue weighted by molar-refractivity contribution is 7.89. The summed E-state index contributed by atoms with van der Waals surface area (Å²) in [7, 11) is -3.07. The molecule has 1 aromatic rings. The van der Waals surface area contributed by atoms with Crippen molar-refractivity contribution in [2.75, 3.05) is 25.4 Å². The first-order valence-corrected chi connectivity index (χ1v) is 9.98. The third-order valence-electron chi connectivity index (χ3n) is 4.31. The molecular weight excluding hydrogens is 296 g/mol. The van der Waals surface area contributed by atoms with E-state index in [0.717, 1.165) is 45.3 Å². The number of likely N-dealkylation sites (tertiary alicyclic amines) is 1. The van der Waals surface area contributed by atoms with Crippen molar-refractivity contribution < 1.29 is 8.42 Å². The van der Waals surface area contributed by atoms with Crippen molar-refractivity contribution in [3.63, 3.8) is 0 Å². The summed E-state index contributed by atoms with van der Waals surface area (Å²) in [4.78, 5) is 2.46. The van der Waals surface area contributed by atoms with Gasteiger partial charge < -0.3 is 0 Å². The Morgan fingerprint density at radius 1 is 1.18 bits per heavy atom. The summed E-state index contributed by atoms with van der Waals surface area (Å²) in [5.41, 5.74) is 1.35. The first-order valence-electron chi connectivity index (χ1n) is 8.32. The number of sulfonamides is 1. The molecule has 0 saturated carbocycles. The van der Waals surface area contributed by atoms with Crippen LogP contribution in [-0.4, -0.2) is 38.7 Å². The van der Waals surface area contributed by atoms with E-state index in [-0.39, 0.29) is 5.75 Å². The van der Waals surface area contributed by atoms with E-state index < -0.39 is 10.0 Å². The standard InChI is InChI=1S/C17H28N2O2S/c1-2-3-13-22(20,21)18-14-16-9-11-19(12-10-16)15-17-7-5-4-6-8-17/h4-8,16,18H,2-3,9-15H2,1H3. The zero-order valence-electron chi connectivity index (χ0n) is 13.5. The number of nitrogens with one attached hydrogen (secondary N) is 1. The van der Waals surface area contributed by atoms with Crippen LogP contribution in [0.2, 0.25) is 0 Å². The molecule has 2 rings (SSSR count). The monoisotopic (exact) mass is 324 g/mol. The summed E-state index contributed by atoms with van der Waals surface area (Å²) in [6, 6.07) is 10.5. The Morgan fingerprint density at radius 3 is 2.50 bits per heavy atom. The highest BCUT2D eigenvalue weighted by Crippen LogP contribution is 2.18. The molecule has 0 aliphatic carbocycles. The van der Waals surface area contributed by atoms with Crippen LogP contribution in [0, 0.1) is 5.92 Å². The van der Waals surface area contributed by atoms with E-state index in [0.29, 0.717) is 12.5 Å². The number of benzene rings is 1. The van der Waals surface area contributed by atoms with Crippen molar-refractivity contribution in [2.45, 2.75) is 39.2 Å². The summed E-state index contributed by atoms with van der Waals surface area (Å²) in [6.45, 7) is 5.71. The number of rotatable bonds is 8. The van der Waals surface area contributed by atoms with Gasteiger partial charge in [0.25, 0.3) is 0 Å². The van der Waals surface area contributed by atoms with E-state index >= 15 is 0 Å². The molecule has 0 unspecified atom stereocenters. The zero-order valence-corrected chi connectivity index (χ0v) is 14.3. The molecule has 1 N–H and O–H groups in total. The lowest BCUT2D eigenvalue weighted by Crippen LogP contribution is -2.38. The quantitative estimate of drug-likeness (QED) is 0.800. The fourth-order valence-electron chi connectivity index (χ4n) is 2.84. The van der Waals surface area contributed by atoms with E-state index in [2.05, 4.69) is 33.9 Å². The van der Waals surface area contributed by atoms with Gasteiger partial charge in [-0.3, -0.25) is 4.90 Å². The molecule has 1 aliphatic heterocycles. The minimum atomic E-state index is -3.07. The van der Waals surface area contributed by atoms with Crippen molar-refractivity contribution in [3.8, 4) is 0 Å². The highest BCUT2D eigenvalue weighted by atomic mass is 32.2. The second kappa shape index (κ2) is 8.65. The van der Waals surface area contributed by atoms with Crippen molar-refractivity contribution >= 4 is 10.0 Å². The maximum absolute atomic E-state index is 11.8. The zero-order chi connectivity index (χ0) is 15.8. The molecule has 1 aliphatic rings. The molecule has 0 radical (unpaired) electrons. The maximum Gasteiger partial charge on any atom is 0.211 e. The smallest absolute Gasteiger partial charge is 0.211 e. The van der Waals surface area contributed by atoms with Gasteiger partial charge >= 0.3 is 0 Å². The topological polar surface area (TPSA) is 49.4 Å². The van der Waals surface area contributed by atoms with Gasteiger partial charge in [-0.1, -0.05) is 43.7 Å². The molecule has 1 aromatic carbocycles. The van der Waals surface area contributed by atoms with Crippen molar-refractivity contribution in [1.82, 2.24) is 9.62 Å². The van der Waals surface area contributed by atoms with Crippen molar-refractivity contribution in [1.29, 1.82) is 0 Å². The van der Waals surface area contributed by atoms with E-state index in [9.17, 15) is 8.42 Å². The largest absolute Gasteiger partial charge is 0.299 e. The van der Waals surface area contributed by atoms with Crippen LogP contribution in [0.25, 0.3) is 0 Å². The predicted molar refractivity (Wildman–Crippen MR) is 91.1 cm³/mol. The first kappa shape index (κ1) is 17.4. The Kier molecular flexibility index (Phi) is 6.86. The van der Waals surface area contributed by atoms with Gasteiger partial charge in [-0.25, -0.2) is 13.1 Å². The Labute approximate surface area is 135 Å². The van der Waals surface area contributed by atoms with Crippen LogP contribution in [0.1, 0.15) is 38.2 Å². The van der Waals surface area contributed by atoms with Crippen molar-refractivity contribution in [3.05, 3.63) is 35.9 Å². The predicted octanol–water partition coefficient (Wildman–Crippen LogP) is 2.62. The SMILES string of the molecule is CCCCS(=O)(=O)NCC1CCN(Cc2ccccc2)CC1. The van der Waals surface area contributed by atoms with Gasteiger partial charge in [-0.05, 0) is 43.8 Å². The number of hydrogen-bond acceptors (Lipinski definition) is 3. The normalized spacial score (nSPS) is 17.7. The second-order valence-electron chi connectivity index (χ2n) is 6.23. The summed E-state index contributed by atoms with van der Waals surface area (Å²) in [6.07, 6.45) is 3.80. The Bertz CT molecular complexity index is 523. The van der Waals surface area contributed by atoms with Gasteiger partial charge in [0.1, 0.15) is 0 Å². The molecule has 22 heavy (non-hydrogen) atoms. The first-order chi connectivity index (χ1) is 10.6. The van der Waals surface area contributed by atoms with E-state index in [1.807, 2.05) is 13.0 Å². The molecule has 0 spiro atoms. The van der Waals surface area contributed by atoms with Crippen LogP contribution < -0.4 is 4.72 Å². The number of piperidine rings is 1. The lowest BCUT2D eigenvalue weighted by molar-refractivity contribution is 0.178. The Balaban J connectivity index is 1.69. The molecule has 1 saturated heterocycles. The summed E-state index contributed by atoms with van der Waals surface area (Å²) < 4.78 is 26.4. The van der Waals surface area contributed by atoms with Crippen molar-refractivity contribution in [2.24, 2.45) is 5.92 Å². The van der Waals surface area contributed by atoms with Gasteiger partial charge in [0.2, 0.25) is 10.0 Å². The van der Waals surface area contributed by atoms with E-state index in [1.54, 1.807) is 0 Å². The van der Waals surface area contributed by atoms with E-state index in [4.69, 9.17) is 0 Å². The van der Waals surface area contributed by atoms with Gasteiger partial charge in [-0.2, -0.15) is 0 Å². The number of nitrogens with zero attached hydrogens (tertiary/aromatic N) is 1. The van der Waals surface area contributed by atoms with Crippen LogP contribution in [0.15, 0.2) is 30.3 Å². The lowest BCUT2D eigenvalue weighted by atomic mass is 9.97.